The third kappa shape index (κ3) is 3.83. The predicted molar refractivity (Wildman–Crippen MR) is 90.9 cm³/mol. The van der Waals surface area contributed by atoms with Crippen molar-refractivity contribution in [1.29, 1.82) is 0 Å². The molecule has 1 aliphatic heterocycles. The minimum Gasteiger partial charge on any atom is -0.339 e. The van der Waals surface area contributed by atoms with E-state index in [-0.39, 0.29) is 0 Å². The van der Waals surface area contributed by atoms with Gasteiger partial charge in [-0.05, 0) is 31.3 Å². The van der Waals surface area contributed by atoms with Crippen LogP contribution in [0, 0.1) is 0 Å². The van der Waals surface area contributed by atoms with Gasteiger partial charge < -0.3 is 9.84 Å². The number of nitrogens with one attached hydrogen (secondary N) is 1. The number of hydrogen-bond acceptors (Lipinski definition) is 6. The highest BCUT2D eigenvalue weighted by Gasteiger charge is 2.32. The Bertz CT molecular complexity index is 590. The zero-order valence-corrected chi connectivity index (χ0v) is 14.8. The molecule has 1 saturated heterocycles. The molecule has 1 fully saturated rings. The Kier molecular flexibility index (Phi) is 5.26. The summed E-state index contributed by atoms with van der Waals surface area (Å²) in [6, 6.07) is 8.68. The topological polar surface area (TPSA) is 51.0 Å². The number of halogens is 1. The van der Waals surface area contributed by atoms with E-state index in [0.717, 1.165) is 33.4 Å². The van der Waals surface area contributed by atoms with E-state index in [1.54, 1.807) is 11.8 Å². The zero-order valence-electron chi connectivity index (χ0n) is 11.6. The summed E-state index contributed by atoms with van der Waals surface area (Å²) in [6.45, 7) is 0. The Morgan fingerprint density at radius 2 is 2.19 bits per heavy atom. The first-order valence-corrected chi connectivity index (χ1v) is 9.65. The third-order valence-corrected chi connectivity index (χ3v) is 6.16. The summed E-state index contributed by atoms with van der Waals surface area (Å²) in [4.78, 5) is 5.76. The average Bonchev–Trinajstić information content (AvgIpc) is 3.15. The molecule has 1 aromatic heterocycles. The minimum absolute atomic E-state index is 0.332. The highest BCUT2D eigenvalue weighted by Crippen LogP contribution is 2.32. The van der Waals surface area contributed by atoms with Crippen LogP contribution in [0.5, 0.6) is 0 Å². The Hall–Kier alpha value is -0.500. The standard InChI is InChI=1S/C14H16BrN3OS2/c1-16-12-7-20-6-11(12)14-17-13(18-19-14)8-21-10-4-2-9(15)3-5-10/h2-5,11-12,16H,6-8H2,1H3. The van der Waals surface area contributed by atoms with Gasteiger partial charge in [0.25, 0.3) is 0 Å². The van der Waals surface area contributed by atoms with Crippen LogP contribution in [-0.4, -0.2) is 34.7 Å². The van der Waals surface area contributed by atoms with Crippen molar-refractivity contribution in [3.05, 3.63) is 40.5 Å². The molecule has 21 heavy (non-hydrogen) atoms. The second-order valence-corrected chi connectivity index (χ2v) is 7.87. The van der Waals surface area contributed by atoms with Gasteiger partial charge in [-0.1, -0.05) is 21.1 Å². The summed E-state index contributed by atoms with van der Waals surface area (Å²) in [5, 5.41) is 7.44. The molecule has 1 N–H and O–H groups in total. The molecule has 3 rings (SSSR count). The van der Waals surface area contributed by atoms with Crippen molar-refractivity contribution >= 4 is 39.5 Å². The fraction of sp³-hybridized carbons (Fsp3) is 0.429. The van der Waals surface area contributed by atoms with Crippen molar-refractivity contribution in [3.63, 3.8) is 0 Å². The van der Waals surface area contributed by atoms with E-state index in [9.17, 15) is 0 Å². The second kappa shape index (κ2) is 7.17. The third-order valence-electron chi connectivity index (χ3n) is 3.43. The van der Waals surface area contributed by atoms with Gasteiger partial charge >= 0.3 is 0 Å². The van der Waals surface area contributed by atoms with Crippen molar-refractivity contribution < 1.29 is 4.52 Å². The molecule has 2 unspecified atom stereocenters. The summed E-state index contributed by atoms with van der Waals surface area (Å²) >= 11 is 7.09. The van der Waals surface area contributed by atoms with Gasteiger partial charge in [0.15, 0.2) is 5.82 Å². The Morgan fingerprint density at radius 3 is 2.95 bits per heavy atom. The summed E-state index contributed by atoms with van der Waals surface area (Å²) in [5.74, 6) is 4.75. The fourth-order valence-electron chi connectivity index (χ4n) is 2.24. The normalized spacial score (nSPS) is 21.8. The molecule has 2 aromatic rings. The van der Waals surface area contributed by atoms with Gasteiger partial charge in [-0.3, -0.25) is 0 Å². The molecule has 112 valence electrons. The van der Waals surface area contributed by atoms with Crippen molar-refractivity contribution in [2.24, 2.45) is 0 Å². The van der Waals surface area contributed by atoms with Crippen LogP contribution in [0.2, 0.25) is 0 Å². The van der Waals surface area contributed by atoms with Crippen LogP contribution in [0.1, 0.15) is 17.6 Å². The van der Waals surface area contributed by atoms with Gasteiger partial charge in [0.1, 0.15) is 0 Å². The van der Waals surface area contributed by atoms with Crippen molar-refractivity contribution in [1.82, 2.24) is 15.5 Å². The van der Waals surface area contributed by atoms with Crippen molar-refractivity contribution in [2.45, 2.75) is 22.6 Å². The Labute approximate surface area is 141 Å². The van der Waals surface area contributed by atoms with Crippen molar-refractivity contribution in [3.8, 4) is 0 Å². The van der Waals surface area contributed by atoms with Crippen LogP contribution < -0.4 is 5.32 Å². The van der Waals surface area contributed by atoms with Crippen LogP contribution in [0.25, 0.3) is 0 Å². The first-order chi connectivity index (χ1) is 10.3. The quantitative estimate of drug-likeness (QED) is 0.794. The van der Waals surface area contributed by atoms with Crippen LogP contribution in [0.3, 0.4) is 0 Å². The van der Waals surface area contributed by atoms with E-state index in [1.807, 2.05) is 30.9 Å². The number of benzene rings is 1. The molecule has 0 spiro atoms. The maximum absolute atomic E-state index is 5.45. The number of aromatic nitrogens is 2. The molecular weight excluding hydrogens is 370 g/mol. The molecule has 0 bridgehead atoms. The molecule has 0 radical (unpaired) electrons. The lowest BCUT2D eigenvalue weighted by Crippen LogP contribution is -2.31. The smallest absolute Gasteiger partial charge is 0.232 e. The van der Waals surface area contributed by atoms with E-state index >= 15 is 0 Å². The minimum atomic E-state index is 0.332. The van der Waals surface area contributed by atoms with Crippen LogP contribution in [0.4, 0.5) is 0 Å². The molecule has 2 heterocycles. The van der Waals surface area contributed by atoms with Crippen LogP contribution in [0.15, 0.2) is 38.2 Å². The summed E-state index contributed by atoms with van der Waals surface area (Å²) in [5.41, 5.74) is 0. The molecule has 4 nitrogen and oxygen atoms in total. The van der Waals surface area contributed by atoms with Gasteiger partial charge in [-0.15, -0.1) is 11.8 Å². The largest absolute Gasteiger partial charge is 0.339 e. The van der Waals surface area contributed by atoms with E-state index in [0.29, 0.717) is 12.0 Å². The molecule has 0 amide bonds. The molecule has 1 aromatic carbocycles. The highest BCUT2D eigenvalue weighted by molar-refractivity contribution is 9.10. The molecule has 0 aliphatic carbocycles. The lowest BCUT2D eigenvalue weighted by Gasteiger charge is -2.13. The molecule has 1 aliphatic rings. The number of nitrogens with zero attached hydrogens (tertiary/aromatic N) is 2. The van der Waals surface area contributed by atoms with Crippen LogP contribution >= 0.6 is 39.5 Å². The summed E-state index contributed by atoms with van der Waals surface area (Å²) in [7, 11) is 1.99. The fourth-order valence-corrected chi connectivity index (χ4v) is 4.66. The van der Waals surface area contributed by atoms with E-state index < -0.39 is 0 Å². The lowest BCUT2D eigenvalue weighted by molar-refractivity contribution is 0.341. The molecular formula is C14H16BrN3OS2. The van der Waals surface area contributed by atoms with Gasteiger partial charge in [0.2, 0.25) is 5.89 Å². The number of thioether (sulfide) groups is 2. The zero-order chi connectivity index (χ0) is 14.7. The van der Waals surface area contributed by atoms with Crippen molar-refractivity contribution in [2.75, 3.05) is 18.6 Å². The van der Waals surface area contributed by atoms with Gasteiger partial charge in [-0.25, -0.2) is 0 Å². The van der Waals surface area contributed by atoms with E-state index in [4.69, 9.17) is 4.52 Å². The second-order valence-electron chi connectivity index (χ2n) is 4.83. The Morgan fingerprint density at radius 1 is 1.38 bits per heavy atom. The number of likely N-dealkylation sites (N-methyl/N-ethyl adjacent to an activating group) is 1. The first-order valence-electron chi connectivity index (χ1n) is 6.72. The molecule has 2 atom stereocenters. The maximum Gasteiger partial charge on any atom is 0.232 e. The van der Waals surface area contributed by atoms with Gasteiger partial charge in [0, 0.05) is 26.9 Å². The summed E-state index contributed by atoms with van der Waals surface area (Å²) < 4.78 is 6.54. The SMILES string of the molecule is CNC1CSCC1c1nc(CSc2ccc(Br)cc2)no1. The molecule has 0 saturated carbocycles. The first kappa shape index (κ1) is 15.4. The highest BCUT2D eigenvalue weighted by atomic mass is 79.9. The van der Waals surface area contributed by atoms with Crippen LogP contribution in [-0.2, 0) is 5.75 Å². The van der Waals surface area contributed by atoms with Gasteiger partial charge in [-0.2, -0.15) is 16.7 Å². The van der Waals surface area contributed by atoms with E-state index in [1.165, 1.54) is 4.90 Å². The lowest BCUT2D eigenvalue weighted by atomic mass is 10.0. The van der Waals surface area contributed by atoms with Gasteiger partial charge in [0.05, 0.1) is 11.7 Å². The predicted octanol–water partition coefficient (Wildman–Crippen LogP) is 3.54. The van der Waals surface area contributed by atoms with E-state index in [2.05, 4.69) is 43.5 Å². The number of rotatable bonds is 5. The number of hydrogen-bond donors (Lipinski definition) is 1. The average molecular weight is 386 g/mol. The monoisotopic (exact) mass is 385 g/mol. The maximum atomic E-state index is 5.45. The summed E-state index contributed by atoms with van der Waals surface area (Å²) in [6.07, 6.45) is 0. The molecule has 7 heteroatoms. The Balaban J connectivity index is 1.61.